The van der Waals surface area contributed by atoms with Crippen LogP contribution in [0, 0.1) is 0 Å². The maximum absolute atomic E-state index is 13.0. The van der Waals surface area contributed by atoms with Gasteiger partial charge in [-0.05, 0) is 24.1 Å². The van der Waals surface area contributed by atoms with E-state index in [-0.39, 0.29) is 23.7 Å². The molecule has 2 amide bonds. The molecule has 0 aliphatic carbocycles. The van der Waals surface area contributed by atoms with Crippen LogP contribution in [0.3, 0.4) is 0 Å². The van der Waals surface area contributed by atoms with Gasteiger partial charge in [-0.3, -0.25) is 9.59 Å². The highest BCUT2D eigenvalue weighted by Crippen LogP contribution is 2.34. The highest BCUT2D eigenvalue weighted by Gasteiger charge is 2.29. The summed E-state index contributed by atoms with van der Waals surface area (Å²) in [6.07, 6.45) is 0.839. The smallest absolute Gasteiger partial charge is 0.254 e. The summed E-state index contributed by atoms with van der Waals surface area (Å²) in [6.45, 7) is 1.06. The first-order valence-electron chi connectivity index (χ1n) is 8.75. The predicted molar refractivity (Wildman–Crippen MR) is 91.2 cm³/mol. The molecular weight excluding hydrogens is 343 g/mol. The summed E-state index contributed by atoms with van der Waals surface area (Å²) >= 11 is 0. The van der Waals surface area contributed by atoms with Crippen LogP contribution in [0.25, 0.3) is 0 Å². The molecule has 0 aromatic heterocycles. The van der Waals surface area contributed by atoms with E-state index in [0.717, 1.165) is 6.42 Å². The Balaban J connectivity index is 1.69. The zero-order valence-electron chi connectivity index (χ0n) is 14.7. The van der Waals surface area contributed by atoms with Gasteiger partial charge in [-0.2, -0.15) is 0 Å². The molecule has 0 bridgehead atoms. The van der Waals surface area contributed by atoms with Gasteiger partial charge in [-0.1, -0.05) is 0 Å². The molecule has 2 N–H and O–H groups in total. The number of benzene rings is 1. The van der Waals surface area contributed by atoms with Crippen LogP contribution < -0.4 is 15.4 Å². The molecule has 3 rings (SSSR count). The predicted octanol–water partition coefficient (Wildman–Crippen LogP) is 1.20. The second-order valence-electron chi connectivity index (χ2n) is 6.26. The van der Waals surface area contributed by atoms with Crippen molar-refractivity contribution in [2.75, 3.05) is 33.5 Å². The monoisotopic (exact) mass is 366 g/mol. The van der Waals surface area contributed by atoms with Crippen molar-refractivity contribution in [2.45, 2.75) is 31.7 Å². The summed E-state index contributed by atoms with van der Waals surface area (Å²) in [5, 5.41) is 5.32. The minimum Gasteiger partial charge on any atom is -0.486 e. The number of halogens is 1. The molecule has 1 fully saturated rings. The Hall–Kier alpha value is -2.19. The third-order valence-corrected chi connectivity index (χ3v) is 4.37. The summed E-state index contributed by atoms with van der Waals surface area (Å²) in [4.78, 5) is 24.6. The van der Waals surface area contributed by atoms with Gasteiger partial charge >= 0.3 is 0 Å². The van der Waals surface area contributed by atoms with Crippen molar-refractivity contribution >= 4 is 11.8 Å². The van der Waals surface area contributed by atoms with Crippen molar-refractivity contribution in [1.82, 2.24) is 10.6 Å². The molecule has 8 heteroatoms. The van der Waals surface area contributed by atoms with Crippen LogP contribution in [0.1, 0.15) is 39.1 Å². The van der Waals surface area contributed by atoms with E-state index in [1.165, 1.54) is 13.1 Å². The number of alkyl halides is 1. The molecule has 26 heavy (non-hydrogen) atoms. The first kappa shape index (κ1) is 18.6. The maximum Gasteiger partial charge on any atom is 0.254 e. The van der Waals surface area contributed by atoms with E-state index in [0.29, 0.717) is 49.5 Å². The van der Waals surface area contributed by atoms with E-state index in [2.05, 4.69) is 10.6 Å². The zero-order valence-corrected chi connectivity index (χ0v) is 14.7. The van der Waals surface area contributed by atoms with Gasteiger partial charge in [0.25, 0.3) is 11.8 Å². The lowest BCUT2D eigenvalue weighted by Crippen LogP contribution is -2.31. The lowest BCUT2D eigenvalue weighted by atomic mass is 10.0. The average Bonchev–Trinajstić information content (AvgIpc) is 3.10. The van der Waals surface area contributed by atoms with E-state index >= 15 is 0 Å². The molecule has 2 aliphatic heterocycles. The number of amides is 2. The lowest BCUT2D eigenvalue weighted by Gasteiger charge is -2.23. The molecule has 0 spiro atoms. The van der Waals surface area contributed by atoms with Gasteiger partial charge in [0, 0.05) is 32.0 Å². The van der Waals surface area contributed by atoms with E-state index < -0.39 is 12.8 Å². The largest absolute Gasteiger partial charge is 0.486 e. The summed E-state index contributed by atoms with van der Waals surface area (Å²) in [6, 6.07) is 3.13. The highest BCUT2D eigenvalue weighted by atomic mass is 19.1. The highest BCUT2D eigenvalue weighted by molar-refractivity contribution is 6.02. The molecule has 1 atom stereocenters. The Morgan fingerprint density at radius 2 is 2.00 bits per heavy atom. The van der Waals surface area contributed by atoms with Crippen molar-refractivity contribution in [3.8, 4) is 5.75 Å². The molecule has 1 aromatic carbocycles. The Bertz CT molecular complexity index is 676. The summed E-state index contributed by atoms with van der Waals surface area (Å²) in [7, 11) is 1.49. The molecule has 0 radical (unpaired) electrons. The van der Waals surface area contributed by atoms with E-state index in [1.807, 2.05) is 0 Å². The molecule has 2 aliphatic rings. The lowest BCUT2D eigenvalue weighted by molar-refractivity contribution is -0.180. The van der Waals surface area contributed by atoms with E-state index in [9.17, 15) is 14.0 Å². The number of ether oxygens (including phenoxy) is 3. The number of carbonyl (C=O) groups is 2. The molecule has 0 saturated carbocycles. The number of nitrogens with one attached hydrogen (secondary N) is 2. The van der Waals surface area contributed by atoms with Crippen LogP contribution in [0.2, 0.25) is 0 Å². The van der Waals surface area contributed by atoms with Crippen LogP contribution >= 0.6 is 0 Å². The fourth-order valence-electron chi connectivity index (χ4n) is 3.06. The SMILES string of the molecule is CNC(=O)c1cc(C(=O)NCCC2OCCCO2)cc2c1OC(CF)C2. The molecule has 1 unspecified atom stereocenters. The normalized spacial score (nSPS) is 19.5. The van der Waals surface area contributed by atoms with E-state index in [1.54, 1.807) is 6.07 Å². The van der Waals surface area contributed by atoms with Crippen LogP contribution in [-0.2, 0) is 15.9 Å². The van der Waals surface area contributed by atoms with Crippen molar-refractivity contribution in [3.63, 3.8) is 0 Å². The molecule has 7 nitrogen and oxygen atoms in total. The molecule has 1 saturated heterocycles. The summed E-state index contributed by atoms with van der Waals surface area (Å²) in [5.74, 6) is -0.329. The number of rotatable bonds is 6. The number of carbonyl (C=O) groups excluding carboxylic acids is 2. The zero-order chi connectivity index (χ0) is 18.5. The average molecular weight is 366 g/mol. The van der Waals surface area contributed by atoms with E-state index in [4.69, 9.17) is 14.2 Å². The van der Waals surface area contributed by atoms with Gasteiger partial charge < -0.3 is 24.8 Å². The molecular formula is C18H23FN2O5. The van der Waals surface area contributed by atoms with Gasteiger partial charge in [0.05, 0.1) is 18.8 Å². The topological polar surface area (TPSA) is 85.9 Å². The fraction of sp³-hybridized carbons (Fsp3) is 0.556. The van der Waals surface area contributed by atoms with Crippen LogP contribution in [0.5, 0.6) is 5.75 Å². The Kier molecular flexibility index (Phi) is 6.05. The summed E-state index contributed by atoms with van der Waals surface area (Å²) in [5.41, 5.74) is 1.25. The fourth-order valence-corrected chi connectivity index (χ4v) is 3.06. The Morgan fingerprint density at radius 1 is 1.23 bits per heavy atom. The number of hydrogen-bond acceptors (Lipinski definition) is 5. The second kappa shape index (κ2) is 8.46. The van der Waals surface area contributed by atoms with Crippen LogP contribution in [0.15, 0.2) is 12.1 Å². The Morgan fingerprint density at radius 3 is 2.69 bits per heavy atom. The Labute approximate surface area is 151 Å². The van der Waals surface area contributed by atoms with Crippen molar-refractivity contribution in [1.29, 1.82) is 0 Å². The maximum atomic E-state index is 13.0. The standard InChI is InChI=1S/C18H23FN2O5/c1-20-18(23)14-9-12(7-11-8-13(10-19)26-16(11)14)17(22)21-4-3-15-24-5-2-6-25-15/h7,9,13,15H,2-6,8,10H2,1H3,(H,20,23)(H,21,22). The van der Waals surface area contributed by atoms with Gasteiger partial charge in [-0.15, -0.1) is 0 Å². The van der Waals surface area contributed by atoms with Crippen LogP contribution in [-0.4, -0.2) is 57.7 Å². The minimum atomic E-state index is -0.648. The quantitative estimate of drug-likeness (QED) is 0.790. The third-order valence-electron chi connectivity index (χ3n) is 4.37. The van der Waals surface area contributed by atoms with Gasteiger partial charge in [0.15, 0.2) is 6.29 Å². The van der Waals surface area contributed by atoms with Crippen LogP contribution in [0.4, 0.5) is 4.39 Å². The molecule has 142 valence electrons. The van der Waals surface area contributed by atoms with Gasteiger partial charge in [0.1, 0.15) is 18.5 Å². The van der Waals surface area contributed by atoms with Gasteiger partial charge in [-0.25, -0.2) is 4.39 Å². The molecule has 2 heterocycles. The first-order valence-corrected chi connectivity index (χ1v) is 8.75. The van der Waals surface area contributed by atoms with Crippen molar-refractivity contribution < 1.29 is 28.2 Å². The van der Waals surface area contributed by atoms with Crippen molar-refractivity contribution in [3.05, 3.63) is 28.8 Å². The van der Waals surface area contributed by atoms with Crippen molar-refractivity contribution in [2.24, 2.45) is 0 Å². The molecule has 1 aromatic rings. The third kappa shape index (κ3) is 4.13. The summed E-state index contributed by atoms with van der Waals surface area (Å²) < 4.78 is 29.3. The number of fused-ring (bicyclic) bond motifs is 1. The van der Waals surface area contributed by atoms with Gasteiger partial charge in [0.2, 0.25) is 0 Å². The minimum absolute atomic E-state index is 0.241. The number of hydrogen-bond donors (Lipinski definition) is 2. The second-order valence-corrected chi connectivity index (χ2v) is 6.26. The first-order chi connectivity index (χ1) is 12.6.